The van der Waals surface area contributed by atoms with Crippen molar-refractivity contribution in [2.75, 3.05) is 11.6 Å². The number of nitrogens with zero attached hydrogens (tertiary/aromatic N) is 2. The van der Waals surface area contributed by atoms with E-state index >= 15 is 0 Å². The van der Waals surface area contributed by atoms with Crippen LogP contribution in [0.3, 0.4) is 0 Å². The molecule has 6 heteroatoms. The van der Waals surface area contributed by atoms with Gasteiger partial charge in [-0.25, -0.2) is 9.97 Å². The van der Waals surface area contributed by atoms with Crippen molar-refractivity contribution < 1.29 is 5.11 Å². The Morgan fingerprint density at radius 2 is 2.04 bits per heavy atom. The van der Waals surface area contributed by atoms with Crippen LogP contribution in [0.5, 0.6) is 0 Å². The van der Waals surface area contributed by atoms with E-state index in [0.717, 1.165) is 41.0 Å². The summed E-state index contributed by atoms with van der Waals surface area (Å²) in [5, 5.41) is 14.9. The van der Waals surface area contributed by atoms with Gasteiger partial charge in [-0.15, -0.1) is 0 Å². The molecule has 4 rings (SSSR count). The van der Waals surface area contributed by atoms with Gasteiger partial charge in [-0.3, -0.25) is 0 Å². The van der Waals surface area contributed by atoms with Crippen molar-refractivity contribution >= 4 is 28.6 Å². The topological polar surface area (TPSA) is 73.8 Å². The number of thioether (sulfide) groups is 1. The number of fused-ring (bicyclic) bond motifs is 1. The highest BCUT2D eigenvalue weighted by Crippen LogP contribution is 2.32. The molecule has 124 valence electrons. The molecule has 3 atom stereocenters. The second-order valence-corrected chi connectivity index (χ2v) is 7.26. The minimum Gasteiger partial charge on any atom is -0.392 e. The second-order valence-electron chi connectivity index (χ2n) is 6.19. The number of H-pyrrole nitrogens is 1. The van der Waals surface area contributed by atoms with Gasteiger partial charge in [0.2, 0.25) is 0 Å². The Hall–Kier alpha value is -2.05. The molecule has 0 saturated heterocycles. The summed E-state index contributed by atoms with van der Waals surface area (Å²) in [6.45, 7) is 0. The zero-order valence-electron chi connectivity index (χ0n) is 13.4. The first-order valence-electron chi connectivity index (χ1n) is 8.11. The Labute approximate surface area is 144 Å². The maximum atomic E-state index is 10.1. The van der Waals surface area contributed by atoms with Crippen molar-refractivity contribution in [1.29, 1.82) is 0 Å². The Balaban J connectivity index is 1.63. The van der Waals surface area contributed by atoms with Crippen molar-refractivity contribution in [1.82, 2.24) is 15.0 Å². The van der Waals surface area contributed by atoms with Gasteiger partial charge in [0.05, 0.1) is 11.5 Å². The molecule has 1 saturated carbocycles. The Bertz CT molecular complexity index is 835. The predicted molar refractivity (Wildman–Crippen MR) is 99.3 cm³/mol. The maximum Gasteiger partial charge on any atom is 0.143 e. The van der Waals surface area contributed by atoms with Crippen LogP contribution in [0.2, 0.25) is 0 Å². The molecule has 1 fully saturated rings. The zero-order chi connectivity index (χ0) is 16.5. The molecule has 0 radical (unpaired) electrons. The zero-order valence-corrected chi connectivity index (χ0v) is 14.3. The van der Waals surface area contributed by atoms with Gasteiger partial charge in [0.15, 0.2) is 0 Å². The van der Waals surface area contributed by atoms with Crippen molar-refractivity contribution in [2.45, 2.75) is 30.2 Å². The molecule has 3 aromatic rings. The van der Waals surface area contributed by atoms with Crippen molar-refractivity contribution in [3.05, 3.63) is 42.7 Å². The van der Waals surface area contributed by atoms with Gasteiger partial charge < -0.3 is 15.4 Å². The number of aliphatic hydroxyl groups excluding tert-OH is 1. The fourth-order valence-corrected chi connectivity index (χ4v) is 4.22. The minimum absolute atomic E-state index is 0.241. The molecule has 3 N–H and O–H groups in total. The van der Waals surface area contributed by atoms with Crippen LogP contribution in [0.4, 0.5) is 5.82 Å². The smallest absolute Gasteiger partial charge is 0.143 e. The van der Waals surface area contributed by atoms with Crippen LogP contribution in [0.25, 0.3) is 22.3 Å². The lowest BCUT2D eigenvalue weighted by Gasteiger charge is -2.13. The highest BCUT2D eigenvalue weighted by molar-refractivity contribution is 7.99. The largest absolute Gasteiger partial charge is 0.392 e. The second kappa shape index (κ2) is 6.45. The van der Waals surface area contributed by atoms with Gasteiger partial charge in [-0.2, -0.15) is 11.8 Å². The molecule has 0 aliphatic heterocycles. The van der Waals surface area contributed by atoms with E-state index in [2.05, 4.69) is 44.7 Å². The number of benzene rings is 1. The first-order valence-corrected chi connectivity index (χ1v) is 9.40. The van der Waals surface area contributed by atoms with Gasteiger partial charge in [0, 0.05) is 17.0 Å². The lowest BCUT2D eigenvalue weighted by Crippen LogP contribution is -2.17. The summed E-state index contributed by atoms with van der Waals surface area (Å²) >= 11 is 1.73. The standard InChI is InChI=1S/C18H20N4OS/c1-24-16-8-12(7-15(16)23)21-17-13-9-14(11-5-3-2-4-6-11)22-18(13)20-10-19-17/h2-6,9-10,12,15-16,23H,7-8H2,1H3,(H2,19,20,21,22)/t12-,15+,16+/m1/s1. The Morgan fingerprint density at radius 1 is 1.21 bits per heavy atom. The number of aromatic nitrogens is 3. The van der Waals surface area contributed by atoms with E-state index in [9.17, 15) is 5.11 Å². The number of aliphatic hydroxyl groups is 1. The molecular formula is C18H20N4OS. The third-order valence-electron chi connectivity index (χ3n) is 4.63. The lowest BCUT2D eigenvalue weighted by molar-refractivity contribution is 0.187. The van der Waals surface area contributed by atoms with E-state index in [0.29, 0.717) is 5.25 Å². The minimum atomic E-state index is -0.249. The number of nitrogens with one attached hydrogen (secondary N) is 2. The summed E-state index contributed by atoms with van der Waals surface area (Å²) in [5.41, 5.74) is 2.98. The molecule has 0 amide bonds. The van der Waals surface area contributed by atoms with Crippen LogP contribution in [-0.2, 0) is 0 Å². The molecule has 0 unspecified atom stereocenters. The summed E-state index contributed by atoms with van der Waals surface area (Å²) in [6.07, 6.45) is 5.09. The van der Waals surface area contributed by atoms with Crippen LogP contribution in [0.15, 0.2) is 42.7 Å². The fraction of sp³-hybridized carbons (Fsp3) is 0.333. The average Bonchev–Trinajstić information content (AvgIpc) is 3.19. The predicted octanol–water partition coefficient (Wildman–Crippen LogP) is 3.29. The fourth-order valence-electron chi connectivity index (χ4n) is 3.37. The van der Waals surface area contributed by atoms with E-state index in [4.69, 9.17) is 0 Å². The normalized spacial score (nSPS) is 23.7. The van der Waals surface area contributed by atoms with E-state index in [1.165, 1.54) is 0 Å². The summed E-state index contributed by atoms with van der Waals surface area (Å²) in [5.74, 6) is 0.831. The highest BCUT2D eigenvalue weighted by atomic mass is 32.2. The molecule has 2 aromatic heterocycles. The van der Waals surface area contributed by atoms with Gasteiger partial charge in [-0.1, -0.05) is 30.3 Å². The van der Waals surface area contributed by atoms with E-state index < -0.39 is 0 Å². The molecule has 0 bridgehead atoms. The molecule has 5 nitrogen and oxygen atoms in total. The van der Waals surface area contributed by atoms with Crippen LogP contribution >= 0.6 is 11.8 Å². The number of anilines is 1. The highest BCUT2D eigenvalue weighted by Gasteiger charge is 2.32. The monoisotopic (exact) mass is 340 g/mol. The number of hydrogen-bond donors (Lipinski definition) is 3. The molecule has 0 spiro atoms. The molecular weight excluding hydrogens is 320 g/mol. The van der Waals surface area contributed by atoms with E-state index in [1.54, 1.807) is 18.1 Å². The summed E-state index contributed by atoms with van der Waals surface area (Å²) in [7, 11) is 0. The average molecular weight is 340 g/mol. The first kappa shape index (κ1) is 15.5. The molecule has 2 heterocycles. The summed E-state index contributed by atoms with van der Waals surface area (Å²) in [6, 6.07) is 12.5. The lowest BCUT2D eigenvalue weighted by atomic mass is 10.1. The van der Waals surface area contributed by atoms with Crippen LogP contribution in [0, 0.1) is 0 Å². The van der Waals surface area contributed by atoms with Crippen LogP contribution in [0.1, 0.15) is 12.8 Å². The van der Waals surface area contributed by atoms with Crippen LogP contribution in [-0.4, -0.2) is 43.7 Å². The Kier molecular flexibility index (Phi) is 4.16. The molecule has 1 aliphatic carbocycles. The van der Waals surface area contributed by atoms with Crippen molar-refractivity contribution in [3.63, 3.8) is 0 Å². The number of aromatic amines is 1. The molecule has 1 aliphatic rings. The number of rotatable bonds is 4. The van der Waals surface area contributed by atoms with Gasteiger partial charge >= 0.3 is 0 Å². The Morgan fingerprint density at radius 3 is 2.79 bits per heavy atom. The van der Waals surface area contributed by atoms with E-state index in [1.807, 2.05) is 18.2 Å². The van der Waals surface area contributed by atoms with Crippen LogP contribution < -0.4 is 5.32 Å². The SMILES string of the molecule is CS[C@H]1C[C@H](Nc2ncnc3[nH]c(-c4ccccc4)cc23)C[C@@H]1O. The van der Waals surface area contributed by atoms with Gasteiger partial charge in [0.25, 0.3) is 0 Å². The van der Waals surface area contributed by atoms with Gasteiger partial charge in [-0.05, 0) is 30.7 Å². The first-order chi connectivity index (χ1) is 11.7. The van der Waals surface area contributed by atoms with Crippen molar-refractivity contribution in [3.8, 4) is 11.3 Å². The van der Waals surface area contributed by atoms with Gasteiger partial charge in [0.1, 0.15) is 17.8 Å². The quantitative estimate of drug-likeness (QED) is 0.680. The molecule has 1 aromatic carbocycles. The maximum absolute atomic E-state index is 10.1. The number of hydrogen-bond acceptors (Lipinski definition) is 5. The third kappa shape index (κ3) is 2.87. The third-order valence-corrected chi connectivity index (χ3v) is 5.74. The molecule has 24 heavy (non-hydrogen) atoms. The summed E-state index contributed by atoms with van der Waals surface area (Å²) < 4.78 is 0. The summed E-state index contributed by atoms with van der Waals surface area (Å²) in [4.78, 5) is 12.1. The van der Waals surface area contributed by atoms with E-state index in [-0.39, 0.29) is 12.1 Å². The van der Waals surface area contributed by atoms with Crippen molar-refractivity contribution in [2.24, 2.45) is 0 Å².